The van der Waals surface area contributed by atoms with Crippen LogP contribution in [0.2, 0.25) is 0 Å². The quantitative estimate of drug-likeness (QED) is 0.659. The van der Waals surface area contributed by atoms with Crippen LogP contribution in [0.5, 0.6) is 0 Å². The van der Waals surface area contributed by atoms with E-state index in [-0.39, 0.29) is 18.4 Å². The minimum absolute atomic E-state index is 0.122. The lowest BCUT2D eigenvalue weighted by Gasteiger charge is -2.17. The number of carbonyl (C=O) groups excluding carboxylic acids is 2. The van der Waals surface area contributed by atoms with E-state index in [1.54, 1.807) is 12.1 Å². The van der Waals surface area contributed by atoms with Crippen LogP contribution in [0.4, 0.5) is 5.69 Å². The van der Waals surface area contributed by atoms with Crippen LogP contribution in [0.25, 0.3) is 0 Å². The van der Waals surface area contributed by atoms with E-state index in [1.165, 1.54) is 0 Å². The maximum Gasteiger partial charge on any atom is 0.268 e. The Bertz CT molecular complexity index is 522. The summed E-state index contributed by atoms with van der Waals surface area (Å²) in [6, 6.07) is 6.71. The molecular weight excluding hydrogens is 246 g/mol. The van der Waals surface area contributed by atoms with Crippen molar-refractivity contribution in [1.29, 1.82) is 0 Å². The molecule has 1 heterocycles. The van der Waals surface area contributed by atoms with Crippen molar-refractivity contribution in [3.63, 3.8) is 0 Å². The van der Waals surface area contributed by atoms with Gasteiger partial charge in [0.05, 0.1) is 5.41 Å². The van der Waals surface area contributed by atoms with Crippen LogP contribution in [-0.2, 0) is 19.8 Å². The van der Waals surface area contributed by atoms with Gasteiger partial charge in [0.25, 0.3) is 5.91 Å². The Balaban J connectivity index is 1.75. The van der Waals surface area contributed by atoms with E-state index >= 15 is 0 Å². The third-order valence-corrected chi connectivity index (χ3v) is 3.69. The molecule has 2 fully saturated rings. The normalized spacial score (nSPS) is 23.8. The monoisotopic (exact) mass is 261 g/mol. The van der Waals surface area contributed by atoms with E-state index in [0.717, 1.165) is 18.4 Å². The van der Waals surface area contributed by atoms with Crippen molar-refractivity contribution in [2.45, 2.75) is 24.3 Å². The predicted octanol–water partition coefficient (Wildman–Crippen LogP) is -0.153. The average Bonchev–Trinajstić information content (AvgIpc) is 3.11. The van der Waals surface area contributed by atoms with Crippen LogP contribution < -0.4 is 16.5 Å². The second-order valence-corrected chi connectivity index (χ2v) is 5.01. The number of hydrogen-bond donors (Lipinski definition) is 3. The molecule has 19 heavy (non-hydrogen) atoms. The van der Waals surface area contributed by atoms with Crippen molar-refractivity contribution >= 4 is 17.5 Å². The van der Waals surface area contributed by atoms with Gasteiger partial charge in [-0.2, -0.15) is 0 Å². The van der Waals surface area contributed by atoms with Crippen molar-refractivity contribution in [3.8, 4) is 0 Å². The number of amides is 2. The van der Waals surface area contributed by atoms with E-state index in [9.17, 15) is 9.59 Å². The first-order valence-electron chi connectivity index (χ1n) is 6.20. The van der Waals surface area contributed by atoms with Crippen LogP contribution in [-0.4, -0.2) is 24.5 Å². The predicted molar refractivity (Wildman–Crippen MR) is 67.8 cm³/mol. The summed E-state index contributed by atoms with van der Waals surface area (Å²) in [7, 11) is 0. The minimum Gasteiger partial charge on any atom is -0.399 e. The molecule has 1 saturated heterocycles. The molecule has 1 aliphatic carbocycles. The number of hydrogen-bond acceptors (Lipinski definition) is 4. The van der Waals surface area contributed by atoms with Crippen molar-refractivity contribution < 1.29 is 14.4 Å². The molecule has 0 aromatic heterocycles. The van der Waals surface area contributed by atoms with Crippen molar-refractivity contribution in [2.75, 3.05) is 12.3 Å². The van der Waals surface area contributed by atoms with Crippen LogP contribution >= 0.6 is 0 Å². The summed E-state index contributed by atoms with van der Waals surface area (Å²) in [5, 5.41) is 2.74. The molecule has 0 unspecified atom stereocenters. The average molecular weight is 261 g/mol. The molecule has 0 bridgehead atoms. The van der Waals surface area contributed by atoms with Crippen LogP contribution in [0.15, 0.2) is 24.3 Å². The number of nitrogens with one attached hydrogen (secondary N) is 2. The molecule has 100 valence electrons. The minimum atomic E-state index is -0.598. The Hall–Kier alpha value is -2.08. The Labute approximate surface area is 110 Å². The van der Waals surface area contributed by atoms with Gasteiger partial charge in [-0.05, 0) is 30.5 Å². The molecule has 3 rings (SSSR count). The lowest BCUT2D eigenvalue weighted by molar-refractivity contribution is -0.129. The molecule has 1 saturated carbocycles. The maximum absolute atomic E-state index is 12.3. The van der Waals surface area contributed by atoms with Gasteiger partial charge in [0.1, 0.15) is 12.6 Å². The highest BCUT2D eigenvalue weighted by atomic mass is 16.7. The third kappa shape index (κ3) is 2.04. The first kappa shape index (κ1) is 12.0. The summed E-state index contributed by atoms with van der Waals surface area (Å²) >= 11 is 0. The summed E-state index contributed by atoms with van der Waals surface area (Å²) in [6.07, 6.45) is 1.58. The summed E-state index contributed by atoms with van der Waals surface area (Å²) in [6.45, 7) is 0.169. The standard InChI is InChI=1S/C13H15N3O3/c14-9-3-1-8(2-4-9)13(5-6-13)12(18)15-10-7-19-16-11(10)17/h1-4,10H,5-7,14H2,(H,15,18)(H,16,17)/t10-/m1/s1. The molecule has 6 heteroatoms. The molecular formula is C13H15N3O3. The summed E-state index contributed by atoms with van der Waals surface area (Å²) in [5.41, 5.74) is 8.98. The first-order valence-corrected chi connectivity index (χ1v) is 6.20. The Morgan fingerprint density at radius 1 is 1.37 bits per heavy atom. The highest BCUT2D eigenvalue weighted by molar-refractivity contribution is 5.95. The van der Waals surface area contributed by atoms with E-state index in [0.29, 0.717) is 5.69 Å². The molecule has 4 N–H and O–H groups in total. The Kier molecular flexibility index (Phi) is 2.67. The summed E-state index contributed by atoms with van der Waals surface area (Å²) in [4.78, 5) is 28.5. The SMILES string of the molecule is Nc1ccc(C2(C(=O)N[C@@H]3CONC3=O)CC2)cc1. The van der Waals surface area contributed by atoms with Gasteiger partial charge in [0.2, 0.25) is 5.91 Å². The number of carbonyl (C=O) groups is 2. The third-order valence-electron chi connectivity index (χ3n) is 3.69. The van der Waals surface area contributed by atoms with Gasteiger partial charge in [-0.25, -0.2) is 5.48 Å². The zero-order valence-electron chi connectivity index (χ0n) is 10.3. The number of benzene rings is 1. The van der Waals surface area contributed by atoms with Crippen LogP contribution in [0, 0.1) is 0 Å². The number of anilines is 1. The van der Waals surface area contributed by atoms with Crippen molar-refractivity contribution in [1.82, 2.24) is 10.8 Å². The molecule has 0 radical (unpaired) electrons. The van der Waals surface area contributed by atoms with E-state index in [1.807, 2.05) is 12.1 Å². The van der Waals surface area contributed by atoms with Crippen LogP contribution in [0.1, 0.15) is 18.4 Å². The number of nitrogen functional groups attached to an aromatic ring is 1. The molecule has 0 spiro atoms. The summed E-state index contributed by atoms with van der Waals surface area (Å²) < 4.78 is 0. The van der Waals surface area contributed by atoms with Crippen LogP contribution in [0.3, 0.4) is 0 Å². The fourth-order valence-corrected chi connectivity index (χ4v) is 2.32. The lowest BCUT2D eigenvalue weighted by atomic mass is 9.94. The van der Waals surface area contributed by atoms with Gasteiger partial charge in [-0.3, -0.25) is 14.4 Å². The fraction of sp³-hybridized carbons (Fsp3) is 0.385. The van der Waals surface area contributed by atoms with Gasteiger partial charge >= 0.3 is 0 Å². The molecule has 1 aromatic rings. The number of hydroxylamine groups is 1. The summed E-state index contributed by atoms with van der Waals surface area (Å²) in [5.74, 6) is -0.427. The number of nitrogens with two attached hydrogens (primary N) is 1. The zero-order valence-corrected chi connectivity index (χ0v) is 10.3. The van der Waals surface area contributed by atoms with Gasteiger partial charge < -0.3 is 11.1 Å². The van der Waals surface area contributed by atoms with E-state index in [2.05, 4.69) is 10.8 Å². The van der Waals surface area contributed by atoms with E-state index < -0.39 is 11.5 Å². The molecule has 2 amide bonds. The van der Waals surface area contributed by atoms with E-state index in [4.69, 9.17) is 10.6 Å². The fourth-order valence-electron chi connectivity index (χ4n) is 2.32. The Morgan fingerprint density at radius 3 is 2.58 bits per heavy atom. The Morgan fingerprint density at radius 2 is 2.05 bits per heavy atom. The molecule has 2 aliphatic rings. The van der Waals surface area contributed by atoms with Gasteiger partial charge in [0, 0.05) is 5.69 Å². The second-order valence-electron chi connectivity index (χ2n) is 5.01. The molecule has 1 aliphatic heterocycles. The molecule has 6 nitrogen and oxygen atoms in total. The zero-order chi connectivity index (χ0) is 13.5. The van der Waals surface area contributed by atoms with Gasteiger partial charge in [-0.15, -0.1) is 0 Å². The first-order chi connectivity index (χ1) is 9.12. The number of rotatable bonds is 3. The largest absolute Gasteiger partial charge is 0.399 e. The highest BCUT2D eigenvalue weighted by Gasteiger charge is 2.52. The molecule has 1 aromatic carbocycles. The topological polar surface area (TPSA) is 93.5 Å². The smallest absolute Gasteiger partial charge is 0.268 e. The highest BCUT2D eigenvalue weighted by Crippen LogP contribution is 2.48. The van der Waals surface area contributed by atoms with Gasteiger partial charge in [0.15, 0.2) is 0 Å². The maximum atomic E-state index is 12.3. The van der Waals surface area contributed by atoms with Crippen molar-refractivity contribution in [2.24, 2.45) is 0 Å². The molecule has 1 atom stereocenters. The van der Waals surface area contributed by atoms with Crippen molar-refractivity contribution in [3.05, 3.63) is 29.8 Å². The lowest BCUT2D eigenvalue weighted by Crippen LogP contribution is -2.46. The second kappa shape index (κ2) is 4.24. The van der Waals surface area contributed by atoms with Gasteiger partial charge in [-0.1, -0.05) is 12.1 Å².